The molecule has 9 heteroatoms. The Labute approximate surface area is 131 Å². The molecule has 1 aromatic carbocycles. The second kappa shape index (κ2) is 6.21. The number of hydrogen-bond donors (Lipinski definition) is 0. The molecule has 6 nitrogen and oxygen atoms in total. The van der Waals surface area contributed by atoms with E-state index in [9.17, 15) is 8.42 Å². The summed E-state index contributed by atoms with van der Waals surface area (Å²) in [6, 6.07) is 3.93. The van der Waals surface area contributed by atoms with Crippen molar-refractivity contribution in [3.05, 3.63) is 34.9 Å². The lowest BCUT2D eigenvalue weighted by molar-refractivity contribution is 0.242. The third kappa shape index (κ3) is 4.09. The molecular weight excluding hydrogens is 339 g/mol. The van der Waals surface area contributed by atoms with Crippen molar-refractivity contribution in [2.45, 2.75) is 31.3 Å². The van der Waals surface area contributed by atoms with Crippen molar-refractivity contribution in [1.82, 2.24) is 10.1 Å². The highest BCUT2D eigenvalue weighted by atomic mass is 35.7. The summed E-state index contributed by atoms with van der Waals surface area (Å²) in [7, 11) is 1.40. The molecule has 21 heavy (non-hydrogen) atoms. The van der Waals surface area contributed by atoms with Gasteiger partial charge in [0.1, 0.15) is 5.75 Å². The van der Waals surface area contributed by atoms with Crippen LogP contribution in [0.4, 0.5) is 0 Å². The van der Waals surface area contributed by atoms with Gasteiger partial charge in [-0.05, 0) is 18.2 Å². The predicted octanol–water partition coefficient (Wildman–Crippen LogP) is 3.35. The molecule has 114 valence electrons. The van der Waals surface area contributed by atoms with Crippen LogP contribution in [0.1, 0.15) is 31.5 Å². The lowest BCUT2D eigenvalue weighted by Gasteiger charge is -2.06. The number of hydrogen-bond acceptors (Lipinski definition) is 6. The topological polar surface area (TPSA) is 82.3 Å². The maximum Gasteiger partial charge on any atom is 0.264 e. The molecule has 0 aliphatic carbocycles. The molecular formula is C12H12Cl2N2O4S. The van der Waals surface area contributed by atoms with Crippen LogP contribution in [0.25, 0.3) is 0 Å². The van der Waals surface area contributed by atoms with Gasteiger partial charge in [0.05, 0.1) is 9.92 Å². The van der Waals surface area contributed by atoms with E-state index in [1.54, 1.807) is 0 Å². The summed E-state index contributed by atoms with van der Waals surface area (Å²) in [5, 5.41) is 3.93. The standard InChI is InChI=1S/C12H12Cl2N2O4S/c1-7(2)12-15-11(20-16-12)6-19-10-4-3-8(5-9(10)13)21(14,17)18/h3-5,7H,6H2,1-2H3. The summed E-state index contributed by atoms with van der Waals surface area (Å²) in [5.74, 6) is 1.34. The van der Waals surface area contributed by atoms with Crippen molar-refractivity contribution >= 4 is 31.3 Å². The minimum Gasteiger partial charge on any atom is -0.482 e. The van der Waals surface area contributed by atoms with E-state index in [4.69, 9.17) is 31.5 Å². The van der Waals surface area contributed by atoms with E-state index < -0.39 is 9.05 Å². The van der Waals surface area contributed by atoms with Gasteiger partial charge in [-0.1, -0.05) is 30.6 Å². The Morgan fingerprint density at radius 1 is 1.38 bits per heavy atom. The van der Waals surface area contributed by atoms with Crippen LogP contribution in [0.2, 0.25) is 5.02 Å². The fraction of sp³-hybridized carbons (Fsp3) is 0.333. The Morgan fingerprint density at radius 2 is 2.10 bits per heavy atom. The molecule has 0 spiro atoms. The molecule has 1 aromatic heterocycles. The van der Waals surface area contributed by atoms with Crippen LogP contribution in [0.15, 0.2) is 27.6 Å². The molecule has 2 aromatic rings. The maximum absolute atomic E-state index is 11.2. The number of halogens is 2. The van der Waals surface area contributed by atoms with Gasteiger partial charge in [-0.3, -0.25) is 0 Å². The summed E-state index contributed by atoms with van der Waals surface area (Å²) in [4.78, 5) is 4.05. The molecule has 0 unspecified atom stereocenters. The Hall–Kier alpha value is -1.31. The summed E-state index contributed by atoms with van der Waals surface area (Å²) in [6.45, 7) is 3.92. The third-order valence-corrected chi connectivity index (χ3v) is 4.18. The van der Waals surface area contributed by atoms with Crippen LogP contribution in [-0.4, -0.2) is 18.6 Å². The first kappa shape index (κ1) is 16.1. The quantitative estimate of drug-likeness (QED) is 0.769. The number of ether oxygens (including phenoxy) is 1. The SMILES string of the molecule is CC(C)c1noc(COc2ccc(S(=O)(=O)Cl)cc2Cl)n1. The van der Waals surface area contributed by atoms with Gasteiger partial charge in [-0.2, -0.15) is 4.98 Å². The van der Waals surface area contributed by atoms with Crippen molar-refractivity contribution in [3.8, 4) is 5.75 Å². The summed E-state index contributed by atoms with van der Waals surface area (Å²) < 4.78 is 32.8. The van der Waals surface area contributed by atoms with Gasteiger partial charge in [0, 0.05) is 16.6 Å². The van der Waals surface area contributed by atoms with Crippen LogP contribution in [-0.2, 0) is 15.7 Å². The molecule has 0 fully saturated rings. The minimum absolute atomic E-state index is 0.0341. The Kier molecular flexibility index (Phi) is 4.75. The predicted molar refractivity (Wildman–Crippen MR) is 77.2 cm³/mol. The van der Waals surface area contributed by atoms with Crippen molar-refractivity contribution in [2.75, 3.05) is 0 Å². The van der Waals surface area contributed by atoms with E-state index in [1.807, 2.05) is 13.8 Å². The van der Waals surface area contributed by atoms with Crippen LogP contribution < -0.4 is 4.74 Å². The number of benzene rings is 1. The van der Waals surface area contributed by atoms with Crippen LogP contribution in [0.5, 0.6) is 5.75 Å². The highest BCUT2D eigenvalue weighted by Crippen LogP contribution is 2.29. The second-order valence-corrected chi connectivity index (χ2v) is 7.49. The van der Waals surface area contributed by atoms with E-state index in [-0.39, 0.29) is 22.4 Å². The monoisotopic (exact) mass is 350 g/mol. The molecule has 0 N–H and O–H groups in total. The zero-order valence-corrected chi connectivity index (χ0v) is 13.5. The number of aromatic nitrogens is 2. The summed E-state index contributed by atoms with van der Waals surface area (Å²) in [5.41, 5.74) is 0. The molecule has 0 saturated heterocycles. The first-order valence-electron chi connectivity index (χ1n) is 5.97. The van der Waals surface area contributed by atoms with E-state index >= 15 is 0 Å². The highest BCUT2D eigenvalue weighted by Gasteiger charge is 2.14. The third-order valence-electron chi connectivity index (χ3n) is 2.54. The lowest BCUT2D eigenvalue weighted by Crippen LogP contribution is -1.98. The van der Waals surface area contributed by atoms with Gasteiger partial charge < -0.3 is 9.26 Å². The van der Waals surface area contributed by atoms with Crippen LogP contribution >= 0.6 is 22.3 Å². The van der Waals surface area contributed by atoms with E-state index in [0.717, 1.165) is 0 Å². The molecule has 0 atom stereocenters. The van der Waals surface area contributed by atoms with Crippen molar-refractivity contribution in [1.29, 1.82) is 0 Å². The first-order chi connectivity index (χ1) is 9.77. The Morgan fingerprint density at radius 3 is 2.62 bits per heavy atom. The average Bonchev–Trinajstić information content (AvgIpc) is 2.85. The molecule has 0 saturated carbocycles. The van der Waals surface area contributed by atoms with Gasteiger partial charge in [0.25, 0.3) is 14.9 Å². The van der Waals surface area contributed by atoms with Gasteiger partial charge in [0.15, 0.2) is 12.4 Å². The maximum atomic E-state index is 11.2. The zero-order chi connectivity index (χ0) is 15.6. The average molecular weight is 351 g/mol. The zero-order valence-electron chi connectivity index (χ0n) is 11.2. The minimum atomic E-state index is -3.82. The van der Waals surface area contributed by atoms with Gasteiger partial charge in [-0.25, -0.2) is 8.42 Å². The normalized spacial score (nSPS) is 11.9. The Bertz CT molecular complexity index is 743. The Balaban J connectivity index is 2.09. The fourth-order valence-electron chi connectivity index (χ4n) is 1.45. The summed E-state index contributed by atoms with van der Waals surface area (Å²) >= 11 is 5.94. The van der Waals surface area contributed by atoms with Crippen LogP contribution in [0.3, 0.4) is 0 Å². The van der Waals surface area contributed by atoms with Crippen molar-refractivity contribution in [3.63, 3.8) is 0 Å². The molecule has 0 bridgehead atoms. The molecule has 1 heterocycles. The number of nitrogens with zero attached hydrogens (tertiary/aromatic N) is 2. The van der Waals surface area contributed by atoms with Crippen molar-refractivity contribution in [2.24, 2.45) is 0 Å². The molecule has 0 radical (unpaired) electrons. The fourth-order valence-corrected chi connectivity index (χ4v) is 2.53. The van der Waals surface area contributed by atoms with E-state index in [2.05, 4.69) is 10.1 Å². The molecule has 2 rings (SSSR count). The second-order valence-electron chi connectivity index (χ2n) is 4.52. The molecule has 0 aliphatic rings. The smallest absolute Gasteiger partial charge is 0.264 e. The molecule has 0 aliphatic heterocycles. The van der Waals surface area contributed by atoms with Crippen LogP contribution in [0, 0.1) is 0 Å². The molecule has 0 amide bonds. The van der Waals surface area contributed by atoms with Gasteiger partial charge >= 0.3 is 0 Å². The van der Waals surface area contributed by atoms with Gasteiger partial charge in [-0.15, -0.1) is 0 Å². The van der Waals surface area contributed by atoms with Crippen molar-refractivity contribution < 1.29 is 17.7 Å². The number of rotatable bonds is 5. The largest absolute Gasteiger partial charge is 0.482 e. The van der Waals surface area contributed by atoms with E-state index in [1.165, 1.54) is 18.2 Å². The lowest BCUT2D eigenvalue weighted by atomic mass is 10.2. The van der Waals surface area contributed by atoms with Gasteiger partial charge in [0.2, 0.25) is 0 Å². The highest BCUT2D eigenvalue weighted by molar-refractivity contribution is 8.13. The summed E-state index contributed by atoms with van der Waals surface area (Å²) in [6.07, 6.45) is 0. The van der Waals surface area contributed by atoms with E-state index in [0.29, 0.717) is 17.5 Å². The first-order valence-corrected chi connectivity index (χ1v) is 8.65.